The van der Waals surface area contributed by atoms with E-state index in [2.05, 4.69) is 0 Å². The van der Waals surface area contributed by atoms with E-state index >= 15 is 0 Å². The van der Waals surface area contributed by atoms with Crippen LogP contribution in [0.1, 0.15) is 23.7 Å². The summed E-state index contributed by atoms with van der Waals surface area (Å²) in [5, 5.41) is 0. The molecule has 1 aromatic heterocycles. The van der Waals surface area contributed by atoms with Gasteiger partial charge in [-0.1, -0.05) is 0 Å². The molecule has 0 N–H and O–H groups in total. The molecule has 106 valence electrons. The number of ketones is 1. The first-order chi connectivity index (χ1) is 9.50. The molecule has 1 aromatic carbocycles. The molecule has 0 aliphatic carbocycles. The van der Waals surface area contributed by atoms with Crippen LogP contribution < -0.4 is 5.69 Å². The van der Waals surface area contributed by atoms with Gasteiger partial charge < -0.3 is 4.74 Å². The third-order valence-corrected chi connectivity index (χ3v) is 4.27. The van der Waals surface area contributed by atoms with Gasteiger partial charge in [-0.05, 0) is 31.5 Å². The number of imidazole rings is 1. The first-order valence-electron chi connectivity index (χ1n) is 6.82. The Morgan fingerprint density at radius 3 is 2.60 bits per heavy atom. The van der Waals surface area contributed by atoms with E-state index in [1.165, 1.54) is 0 Å². The Kier molecular flexibility index (Phi) is 3.01. The number of hydrogen-bond donors (Lipinski definition) is 0. The van der Waals surface area contributed by atoms with Gasteiger partial charge in [-0.15, -0.1) is 0 Å². The number of aromatic nitrogens is 2. The van der Waals surface area contributed by atoms with Crippen LogP contribution in [0.4, 0.5) is 0 Å². The van der Waals surface area contributed by atoms with Crippen LogP contribution in [0.25, 0.3) is 11.0 Å². The van der Waals surface area contributed by atoms with Crippen molar-refractivity contribution in [1.29, 1.82) is 0 Å². The van der Waals surface area contributed by atoms with Gasteiger partial charge in [-0.25, -0.2) is 4.79 Å². The first kappa shape index (κ1) is 13.1. The lowest BCUT2D eigenvalue weighted by Crippen LogP contribution is -2.21. The van der Waals surface area contributed by atoms with Crippen molar-refractivity contribution in [3.8, 4) is 0 Å². The van der Waals surface area contributed by atoms with Crippen molar-refractivity contribution in [2.45, 2.75) is 19.4 Å². The van der Waals surface area contributed by atoms with Gasteiger partial charge in [0.2, 0.25) is 0 Å². The van der Waals surface area contributed by atoms with E-state index in [0.29, 0.717) is 12.2 Å². The van der Waals surface area contributed by atoms with Crippen LogP contribution in [-0.4, -0.2) is 27.6 Å². The van der Waals surface area contributed by atoms with Gasteiger partial charge in [0.25, 0.3) is 0 Å². The lowest BCUT2D eigenvalue weighted by molar-refractivity contribution is 0.0764. The van der Waals surface area contributed by atoms with Gasteiger partial charge in [0.15, 0.2) is 5.78 Å². The minimum Gasteiger partial charge on any atom is -0.378 e. The molecule has 0 saturated carbocycles. The molecule has 1 fully saturated rings. The molecule has 0 radical (unpaired) electrons. The fourth-order valence-electron chi connectivity index (χ4n) is 2.95. The lowest BCUT2D eigenvalue weighted by atomic mass is 9.92. The summed E-state index contributed by atoms with van der Waals surface area (Å²) in [5.41, 5.74) is 2.20. The molecule has 5 nitrogen and oxygen atoms in total. The van der Waals surface area contributed by atoms with Crippen LogP contribution in [0.15, 0.2) is 23.0 Å². The average molecular weight is 274 g/mol. The largest absolute Gasteiger partial charge is 0.378 e. The number of benzene rings is 1. The summed E-state index contributed by atoms with van der Waals surface area (Å²) in [6.07, 6.45) is 0.740. The topological polar surface area (TPSA) is 53.2 Å². The molecule has 1 aliphatic rings. The molecule has 2 atom stereocenters. The second-order valence-corrected chi connectivity index (χ2v) is 5.44. The summed E-state index contributed by atoms with van der Waals surface area (Å²) in [4.78, 5) is 24.4. The maximum absolute atomic E-state index is 12.5. The lowest BCUT2D eigenvalue weighted by Gasteiger charge is -2.12. The number of carbonyl (C=O) groups is 1. The van der Waals surface area contributed by atoms with Gasteiger partial charge in [0.05, 0.1) is 23.1 Å². The molecule has 1 saturated heterocycles. The van der Waals surface area contributed by atoms with Crippen molar-refractivity contribution in [2.75, 3.05) is 6.61 Å². The Hall–Kier alpha value is -1.88. The van der Waals surface area contributed by atoms with Crippen LogP contribution in [0, 0.1) is 5.92 Å². The van der Waals surface area contributed by atoms with Gasteiger partial charge in [0.1, 0.15) is 0 Å². The minimum atomic E-state index is -0.0813. The Labute approximate surface area is 116 Å². The molecule has 1 aliphatic heterocycles. The molecule has 3 rings (SSSR count). The van der Waals surface area contributed by atoms with Crippen LogP contribution in [0.3, 0.4) is 0 Å². The number of carbonyl (C=O) groups excluding carboxylic acids is 1. The summed E-state index contributed by atoms with van der Waals surface area (Å²) in [5.74, 6) is 0.0291. The zero-order chi connectivity index (χ0) is 14.4. The Morgan fingerprint density at radius 1 is 1.25 bits per heavy atom. The highest BCUT2D eigenvalue weighted by Gasteiger charge is 2.31. The second-order valence-electron chi connectivity index (χ2n) is 5.44. The smallest absolute Gasteiger partial charge is 0.328 e. The zero-order valence-electron chi connectivity index (χ0n) is 11.9. The normalized spacial score (nSPS) is 22.6. The number of aryl methyl sites for hydroxylation is 2. The molecule has 2 unspecified atom stereocenters. The zero-order valence-corrected chi connectivity index (χ0v) is 11.9. The maximum Gasteiger partial charge on any atom is 0.328 e. The molecule has 0 spiro atoms. The molecule has 2 aromatic rings. The highest BCUT2D eigenvalue weighted by atomic mass is 16.5. The van der Waals surface area contributed by atoms with E-state index in [-0.39, 0.29) is 23.5 Å². The van der Waals surface area contributed by atoms with E-state index in [9.17, 15) is 9.59 Å². The van der Waals surface area contributed by atoms with Crippen molar-refractivity contribution >= 4 is 16.8 Å². The fraction of sp³-hybridized carbons (Fsp3) is 0.467. The number of hydrogen-bond acceptors (Lipinski definition) is 3. The highest BCUT2D eigenvalue weighted by Crippen LogP contribution is 2.26. The van der Waals surface area contributed by atoms with E-state index in [4.69, 9.17) is 4.74 Å². The molecule has 20 heavy (non-hydrogen) atoms. The van der Waals surface area contributed by atoms with Gasteiger partial charge >= 0.3 is 5.69 Å². The Balaban J connectivity index is 2.07. The van der Waals surface area contributed by atoms with E-state index in [1.807, 2.05) is 19.1 Å². The summed E-state index contributed by atoms with van der Waals surface area (Å²) in [6, 6.07) is 5.45. The number of fused-ring (bicyclic) bond motifs is 1. The third-order valence-electron chi connectivity index (χ3n) is 4.27. The quantitative estimate of drug-likeness (QED) is 0.780. The van der Waals surface area contributed by atoms with E-state index < -0.39 is 0 Å². The van der Waals surface area contributed by atoms with Crippen molar-refractivity contribution in [1.82, 2.24) is 9.13 Å². The standard InChI is InChI=1S/C15H18N2O3/c1-9-11(6-7-20-9)14(18)10-4-5-12-13(8-10)17(3)15(19)16(12)2/h4-5,8-9,11H,6-7H2,1-3H3. The molecule has 0 amide bonds. The molecule has 2 heterocycles. The molecular weight excluding hydrogens is 256 g/mol. The maximum atomic E-state index is 12.5. The van der Waals surface area contributed by atoms with E-state index in [0.717, 1.165) is 17.5 Å². The van der Waals surface area contributed by atoms with Crippen LogP contribution >= 0.6 is 0 Å². The first-order valence-corrected chi connectivity index (χ1v) is 6.82. The van der Waals surface area contributed by atoms with E-state index in [1.54, 1.807) is 29.3 Å². The van der Waals surface area contributed by atoms with Gasteiger partial charge in [0, 0.05) is 26.3 Å². The third kappa shape index (κ3) is 1.81. The van der Waals surface area contributed by atoms with Crippen LogP contribution in [-0.2, 0) is 18.8 Å². The Bertz CT molecular complexity index is 741. The van der Waals surface area contributed by atoms with Gasteiger partial charge in [-0.3, -0.25) is 13.9 Å². The summed E-state index contributed by atoms with van der Waals surface area (Å²) < 4.78 is 8.62. The number of ether oxygens (including phenoxy) is 1. The van der Waals surface area contributed by atoms with Crippen molar-refractivity contribution in [3.63, 3.8) is 0 Å². The van der Waals surface area contributed by atoms with Crippen LogP contribution in [0.5, 0.6) is 0 Å². The summed E-state index contributed by atoms with van der Waals surface area (Å²) >= 11 is 0. The van der Waals surface area contributed by atoms with Gasteiger partial charge in [-0.2, -0.15) is 0 Å². The monoisotopic (exact) mass is 274 g/mol. The number of nitrogens with zero attached hydrogens (tertiary/aromatic N) is 2. The van der Waals surface area contributed by atoms with Crippen molar-refractivity contribution in [2.24, 2.45) is 20.0 Å². The highest BCUT2D eigenvalue weighted by molar-refractivity contribution is 6.00. The molecule has 5 heteroatoms. The minimum absolute atomic E-state index is 0.0298. The van der Waals surface area contributed by atoms with Crippen molar-refractivity contribution < 1.29 is 9.53 Å². The average Bonchev–Trinajstić information content (AvgIpc) is 2.97. The summed E-state index contributed by atoms with van der Waals surface area (Å²) in [6.45, 7) is 2.58. The van der Waals surface area contributed by atoms with Crippen molar-refractivity contribution in [3.05, 3.63) is 34.2 Å². The predicted molar refractivity (Wildman–Crippen MR) is 76.0 cm³/mol. The molecular formula is C15H18N2O3. The van der Waals surface area contributed by atoms with Crippen LogP contribution in [0.2, 0.25) is 0 Å². The number of rotatable bonds is 2. The number of Topliss-reactive ketones (excluding diaryl/α,β-unsaturated/α-hetero) is 1. The Morgan fingerprint density at radius 2 is 1.95 bits per heavy atom. The molecule has 0 bridgehead atoms. The SMILES string of the molecule is CC1OCCC1C(=O)c1ccc2c(c1)n(C)c(=O)n2C. The second kappa shape index (κ2) is 4.59. The fourth-order valence-corrected chi connectivity index (χ4v) is 2.95. The summed E-state index contributed by atoms with van der Waals surface area (Å²) in [7, 11) is 3.46. The predicted octanol–water partition coefficient (Wildman–Crippen LogP) is 1.48.